The van der Waals surface area contributed by atoms with Crippen LogP contribution in [0.3, 0.4) is 0 Å². The number of carbonyl (C=O) groups is 1. The van der Waals surface area contributed by atoms with Crippen molar-refractivity contribution in [2.24, 2.45) is 0 Å². The number of pyridine rings is 1. The van der Waals surface area contributed by atoms with Gasteiger partial charge in [-0.25, -0.2) is 4.98 Å². The summed E-state index contributed by atoms with van der Waals surface area (Å²) in [7, 11) is 3.20. The van der Waals surface area contributed by atoms with Gasteiger partial charge < -0.3 is 19.4 Å². The van der Waals surface area contributed by atoms with E-state index in [1.54, 1.807) is 26.5 Å². The molecule has 0 spiro atoms. The number of hydrogen-bond donors (Lipinski definition) is 1. The van der Waals surface area contributed by atoms with Crippen LogP contribution in [-0.4, -0.2) is 34.7 Å². The van der Waals surface area contributed by atoms with Crippen molar-refractivity contribution in [3.8, 4) is 23.0 Å². The number of amides is 1. The molecule has 196 valence electrons. The van der Waals surface area contributed by atoms with E-state index in [1.807, 2.05) is 54.6 Å². The molecule has 1 amide bonds. The summed E-state index contributed by atoms with van der Waals surface area (Å²) >= 11 is 0. The van der Waals surface area contributed by atoms with E-state index in [-0.39, 0.29) is 11.9 Å². The van der Waals surface area contributed by atoms with Crippen molar-refractivity contribution in [2.45, 2.75) is 50.6 Å². The molecule has 1 fully saturated rings. The van der Waals surface area contributed by atoms with E-state index in [1.165, 1.54) is 19.3 Å². The van der Waals surface area contributed by atoms with Gasteiger partial charge in [-0.15, -0.1) is 6.58 Å². The summed E-state index contributed by atoms with van der Waals surface area (Å²) in [6.45, 7) is 3.88. The van der Waals surface area contributed by atoms with Crippen molar-refractivity contribution < 1.29 is 14.3 Å². The van der Waals surface area contributed by atoms with Crippen LogP contribution in [0.25, 0.3) is 22.6 Å². The van der Waals surface area contributed by atoms with Gasteiger partial charge in [0.05, 0.1) is 31.3 Å². The average Bonchev–Trinajstić information content (AvgIpc) is 3.36. The monoisotopic (exact) mass is 510 g/mol. The Morgan fingerprint density at radius 1 is 1.08 bits per heavy atom. The molecule has 1 unspecified atom stereocenters. The largest absolute Gasteiger partial charge is 0.493 e. The summed E-state index contributed by atoms with van der Waals surface area (Å²) < 4.78 is 13.2. The third-order valence-corrected chi connectivity index (χ3v) is 7.30. The topological polar surface area (TPSA) is 78.3 Å². The van der Waals surface area contributed by atoms with E-state index >= 15 is 0 Å². The molecule has 0 saturated heterocycles. The Kier molecular flexibility index (Phi) is 7.73. The Bertz CT molecular complexity index is 1420. The zero-order valence-electron chi connectivity index (χ0n) is 22.0. The predicted molar refractivity (Wildman–Crippen MR) is 150 cm³/mol. The maximum Gasteiger partial charge on any atom is 0.251 e. The number of imidazole rings is 1. The lowest BCUT2D eigenvalue weighted by atomic mass is 9.95. The highest BCUT2D eigenvalue weighted by molar-refractivity contribution is 5.98. The van der Waals surface area contributed by atoms with Crippen LogP contribution in [0.2, 0.25) is 0 Å². The number of hydrogen-bond acceptors (Lipinski definition) is 5. The number of ether oxygens (including phenoxy) is 2. The quantitative estimate of drug-likeness (QED) is 0.255. The van der Waals surface area contributed by atoms with Crippen molar-refractivity contribution in [1.29, 1.82) is 0 Å². The molecule has 4 aromatic rings. The predicted octanol–water partition coefficient (Wildman–Crippen LogP) is 6.67. The van der Waals surface area contributed by atoms with E-state index in [0.29, 0.717) is 29.5 Å². The molecule has 2 heterocycles. The van der Waals surface area contributed by atoms with Crippen molar-refractivity contribution in [1.82, 2.24) is 19.9 Å². The molecule has 1 aliphatic carbocycles. The first-order chi connectivity index (χ1) is 18.6. The van der Waals surface area contributed by atoms with E-state index in [2.05, 4.69) is 21.4 Å². The van der Waals surface area contributed by atoms with E-state index < -0.39 is 0 Å². The first-order valence-electron chi connectivity index (χ1n) is 13.2. The Balaban J connectivity index is 1.48. The minimum atomic E-state index is -0.264. The van der Waals surface area contributed by atoms with Gasteiger partial charge in [-0.1, -0.05) is 37.5 Å². The summed E-state index contributed by atoms with van der Waals surface area (Å²) in [5.74, 6) is 1.95. The van der Waals surface area contributed by atoms with Gasteiger partial charge in [0.25, 0.3) is 5.91 Å². The van der Waals surface area contributed by atoms with Gasteiger partial charge in [0, 0.05) is 17.8 Å². The second kappa shape index (κ2) is 11.5. The lowest BCUT2D eigenvalue weighted by Gasteiger charge is -2.25. The summed E-state index contributed by atoms with van der Waals surface area (Å²) in [6.07, 6.45) is 10.1. The van der Waals surface area contributed by atoms with Gasteiger partial charge in [-0.2, -0.15) is 0 Å². The summed E-state index contributed by atoms with van der Waals surface area (Å²) in [4.78, 5) is 23.0. The Morgan fingerprint density at radius 3 is 2.61 bits per heavy atom. The van der Waals surface area contributed by atoms with Gasteiger partial charge in [0.1, 0.15) is 5.69 Å². The Morgan fingerprint density at radius 2 is 1.89 bits per heavy atom. The van der Waals surface area contributed by atoms with Crippen LogP contribution >= 0.6 is 0 Å². The molecule has 5 rings (SSSR count). The highest BCUT2D eigenvalue weighted by Gasteiger charge is 2.24. The number of nitrogens with zero attached hydrogens (tertiary/aromatic N) is 3. The summed E-state index contributed by atoms with van der Waals surface area (Å²) in [5.41, 5.74) is 4.16. The number of nitrogens with one attached hydrogen (secondary N) is 1. The molecule has 1 aliphatic rings. The number of fused-ring (bicyclic) bond motifs is 1. The maximum atomic E-state index is 13.4. The molecule has 0 aliphatic heterocycles. The SMILES string of the molecule is C=CCC(NC(=O)c1ccc2c(c1)nc(-c1ccccn1)n2C1CCCCC1)c1ccc(OC)c(OC)c1. The Hall–Kier alpha value is -4.13. The van der Waals surface area contributed by atoms with Crippen molar-refractivity contribution in [3.63, 3.8) is 0 Å². The first-order valence-corrected chi connectivity index (χ1v) is 13.2. The second-order valence-corrected chi connectivity index (χ2v) is 9.68. The molecule has 2 aromatic heterocycles. The third kappa shape index (κ3) is 5.14. The first kappa shape index (κ1) is 25.5. The van der Waals surface area contributed by atoms with E-state index in [0.717, 1.165) is 41.0 Å². The van der Waals surface area contributed by atoms with Crippen molar-refractivity contribution >= 4 is 16.9 Å². The molecule has 38 heavy (non-hydrogen) atoms. The normalized spacial score (nSPS) is 14.7. The molecule has 0 bridgehead atoms. The molecule has 0 radical (unpaired) electrons. The standard InChI is InChI=1S/C31H34N4O3/c1-4-10-24(21-15-17-28(37-2)29(20-21)38-3)34-31(36)22-14-16-27-26(19-22)33-30(25-13-8-9-18-32-25)35(27)23-11-6-5-7-12-23/h4,8-9,13-20,23-24H,1,5-7,10-12H2,2-3H3,(H,34,36). The fourth-order valence-corrected chi connectivity index (χ4v) is 5.38. The molecule has 1 saturated carbocycles. The number of methoxy groups -OCH3 is 2. The molecule has 1 atom stereocenters. The van der Waals surface area contributed by atoms with Gasteiger partial charge in [-0.3, -0.25) is 9.78 Å². The fraction of sp³-hybridized carbons (Fsp3) is 0.323. The molecular formula is C31H34N4O3. The van der Waals surface area contributed by atoms with Gasteiger partial charge in [0.15, 0.2) is 17.3 Å². The minimum absolute atomic E-state index is 0.167. The fourth-order valence-electron chi connectivity index (χ4n) is 5.38. The van der Waals surface area contributed by atoms with Crippen LogP contribution in [0.15, 0.2) is 73.4 Å². The highest BCUT2D eigenvalue weighted by Crippen LogP contribution is 2.36. The zero-order chi connectivity index (χ0) is 26.5. The van der Waals surface area contributed by atoms with Crippen molar-refractivity contribution in [2.75, 3.05) is 14.2 Å². The third-order valence-electron chi connectivity index (χ3n) is 7.30. The Labute approximate surface area is 223 Å². The molecule has 1 N–H and O–H groups in total. The van der Waals surface area contributed by atoms with Gasteiger partial charge >= 0.3 is 0 Å². The van der Waals surface area contributed by atoms with Crippen molar-refractivity contribution in [3.05, 3.63) is 84.6 Å². The second-order valence-electron chi connectivity index (χ2n) is 9.68. The van der Waals surface area contributed by atoms with Gasteiger partial charge in [-0.05, 0) is 67.3 Å². The molecule has 7 nitrogen and oxygen atoms in total. The number of aromatic nitrogens is 3. The smallest absolute Gasteiger partial charge is 0.251 e. The van der Waals surface area contributed by atoms with Crippen LogP contribution < -0.4 is 14.8 Å². The van der Waals surface area contributed by atoms with E-state index in [4.69, 9.17) is 14.5 Å². The van der Waals surface area contributed by atoms with Gasteiger partial charge in [0.2, 0.25) is 0 Å². The summed E-state index contributed by atoms with van der Waals surface area (Å²) in [5, 5.41) is 3.17. The zero-order valence-corrected chi connectivity index (χ0v) is 22.0. The highest BCUT2D eigenvalue weighted by atomic mass is 16.5. The molecule has 2 aromatic carbocycles. The lowest BCUT2D eigenvalue weighted by Crippen LogP contribution is -2.28. The van der Waals surface area contributed by atoms with Crippen LogP contribution in [0.5, 0.6) is 11.5 Å². The number of rotatable bonds is 9. The molecular weight excluding hydrogens is 476 g/mol. The number of benzene rings is 2. The molecule has 7 heteroatoms. The van der Waals surface area contributed by atoms with Crippen LogP contribution in [-0.2, 0) is 0 Å². The summed E-state index contributed by atoms with van der Waals surface area (Å²) in [6, 6.07) is 17.5. The van der Waals surface area contributed by atoms with Crippen LogP contribution in [0, 0.1) is 0 Å². The van der Waals surface area contributed by atoms with Crippen LogP contribution in [0.1, 0.15) is 66.5 Å². The number of carbonyl (C=O) groups excluding carboxylic acids is 1. The maximum absolute atomic E-state index is 13.4. The van der Waals surface area contributed by atoms with Crippen LogP contribution in [0.4, 0.5) is 0 Å². The minimum Gasteiger partial charge on any atom is -0.493 e. The lowest BCUT2D eigenvalue weighted by molar-refractivity contribution is 0.0937. The van der Waals surface area contributed by atoms with E-state index in [9.17, 15) is 4.79 Å². The average molecular weight is 511 g/mol.